The quantitative estimate of drug-likeness (QED) is 0.327. The van der Waals surface area contributed by atoms with Crippen LogP contribution >= 0.6 is 0 Å². The molecule has 0 saturated carbocycles. The monoisotopic (exact) mass is 530 g/mol. The zero-order valence-electron chi connectivity index (χ0n) is 22.1. The summed E-state index contributed by atoms with van der Waals surface area (Å²) in [6, 6.07) is 8.45. The minimum absolute atomic E-state index is 0.0371. The van der Waals surface area contributed by atoms with Crippen LogP contribution in [0.1, 0.15) is 43.1 Å². The molecule has 2 aromatic rings. The van der Waals surface area contributed by atoms with E-state index >= 15 is 0 Å². The van der Waals surface area contributed by atoms with Gasteiger partial charge in [-0.05, 0) is 51.0 Å². The number of benzene rings is 2. The van der Waals surface area contributed by atoms with E-state index in [1.54, 1.807) is 39.0 Å². The average molecular weight is 531 g/mol. The van der Waals surface area contributed by atoms with Crippen LogP contribution in [0.15, 0.2) is 36.4 Å². The third-order valence-electron chi connectivity index (χ3n) is 5.99. The Kier molecular flexibility index (Phi) is 9.00. The third-order valence-corrected chi connectivity index (χ3v) is 5.99. The van der Waals surface area contributed by atoms with Gasteiger partial charge in [-0.25, -0.2) is 4.79 Å². The molecule has 206 valence electrons. The topological polar surface area (TPSA) is 152 Å². The number of aliphatic hydroxyl groups excluding tert-OH is 1. The van der Waals surface area contributed by atoms with Crippen molar-refractivity contribution in [2.45, 2.75) is 51.4 Å². The van der Waals surface area contributed by atoms with Crippen LogP contribution in [-0.4, -0.2) is 72.0 Å². The van der Waals surface area contributed by atoms with Gasteiger partial charge in [-0.1, -0.05) is 12.1 Å². The molecule has 1 fully saturated rings. The second kappa shape index (κ2) is 12.0. The summed E-state index contributed by atoms with van der Waals surface area (Å²) in [7, 11) is 3.03. The molecule has 1 aliphatic rings. The number of para-hydroxylation sites is 1. The molecule has 0 spiro atoms. The largest absolute Gasteiger partial charge is 0.493 e. The number of ether oxygens (including phenoxy) is 3. The second-order valence-corrected chi connectivity index (χ2v) is 9.87. The summed E-state index contributed by atoms with van der Waals surface area (Å²) in [6.07, 6.45) is -0.273. The summed E-state index contributed by atoms with van der Waals surface area (Å²) >= 11 is 0. The Morgan fingerprint density at radius 3 is 2.47 bits per heavy atom. The Labute approximate surface area is 221 Å². The highest BCUT2D eigenvalue weighted by Gasteiger charge is 2.38. The first-order valence-electron chi connectivity index (χ1n) is 12.1. The van der Waals surface area contributed by atoms with E-state index in [1.165, 1.54) is 37.3 Å². The van der Waals surface area contributed by atoms with E-state index in [0.717, 1.165) is 5.56 Å². The number of likely N-dealkylation sites (tertiary alicyclic amines) is 1. The number of nitro benzene ring substituents is 1. The lowest BCUT2D eigenvalue weighted by molar-refractivity contribution is -0.384. The van der Waals surface area contributed by atoms with E-state index in [4.69, 9.17) is 14.2 Å². The average Bonchev–Trinajstić information content (AvgIpc) is 3.29. The summed E-state index contributed by atoms with van der Waals surface area (Å²) in [5, 5.41) is 27.5. The number of aliphatic hydroxyl groups is 1. The standard InChI is InChI=1S/C26H34N4O8/c1-26(2,3)38-25(33)29-14-17(12-18(29)15-31)28-23-19(7-6-8-20(23)30(34)35)24(32)27-13-16-9-10-21(36-4)22(11-16)37-5/h6-11,17-18,28,31H,12-15H2,1-5H3,(H,27,32)/t17-,18-/m0/s1. The lowest BCUT2D eigenvalue weighted by Gasteiger charge is -2.27. The molecule has 12 nitrogen and oxygen atoms in total. The maximum Gasteiger partial charge on any atom is 0.410 e. The minimum Gasteiger partial charge on any atom is -0.493 e. The number of rotatable bonds is 9. The Bertz CT molecular complexity index is 1180. The van der Waals surface area contributed by atoms with Crippen LogP contribution in [0.3, 0.4) is 0 Å². The molecule has 2 atom stereocenters. The molecule has 0 bridgehead atoms. The van der Waals surface area contributed by atoms with Crippen molar-refractivity contribution < 1.29 is 33.8 Å². The van der Waals surface area contributed by atoms with Crippen molar-refractivity contribution in [1.29, 1.82) is 0 Å². The summed E-state index contributed by atoms with van der Waals surface area (Å²) < 4.78 is 16.0. The van der Waals surface area contributed by atoms with Crippen LogP contribution in [0, 0.1) is 10.1 Å². The second-order valence-electron chi connectivity index (χ2n) is 9.87. The molecule has 38 heavy (non-hydrogen) atoms. The summed E-state index contributed by atoms with van der Waals surface area (Å²) in [4.78, 5) is 38.5. The lowest BCUT2D eigenvalue weighted by atomic mass is 10.1. The van der Waals surface area contributed by atoms with Gasteiger partial charge in [0.25, 0.3) is 11.6 Å². The van der Waals surface area contributed by atoms with Crippen molar-refractivity contribution in [2.24, 2.45) is 0 Å². The molecule has 0 radical (unpaired) electrons. The van der Waals surface area contributed by atoms with Crippen molar-refractivity contribution in [3.8, 4) is 11.5 Å². The highest BCUT2D eigenvalue weighted by molar-refractivity contribution is 6.01. The zero-order valence-corrected chi connectivity index (χ0v) is 22.1. The van der Waals surface area contributed by atoms with Crippen molar-refractivity contribution in [3.63, 3.8) is 0 Å². The number of methoxy groups -OCH3 is 2. The van der Waals surface area contributed by atoms with Crippen molar-refractivity contribution in [1.82, 2.24) is 10.2 Å². The van der Waals surface area contributed by atoms with E-state index in [9.17, 15) is 24.8 Å². The van der Waals surface area contributed by atoms with Crippen LogP contribution in [-0.2, 0) is 11.3 Å². The summed E-state index contributed by atoms with van der Waals surface area (Å²) in [6.45, 7) is 5.20. The van der Waals surface area contributed by atoms with E-state index < -0.39 is 34.6 Å². The number of hydrogen-bond acceptors (Lipinski definition) is 9. The first-order chi connectivity index (χ1) is 18.0. The Hall–Kier alpha value is -4.06. The van der Waals surface area contributed by atoms with Crippen LogP contribution < -0.4 is 20.1 Å². The number of nitro groups is 1. The van der Waals surface area contributed by atoms with Gasteiger partial charge in [-0.3, -0.25) is 14.9 Å². The minimum atomic E-state index is -0.722. The molecule has 2 amide bonds. The van der Waals surface area contributed by atoms with Crippen LogP contribution in [0.4, 0.5) is 16.2 Å². The molecule has 1 saturated heterocycles. The SMILES string of the molecule is COc1ccc(CNC(=O)c2cccc([N+](=O)[O-])c2N[C@H]2C[C@@H](CO)N(C(=O)OC(C)(C)C)C2)cc1OC. The molecule has 2 aromatic carbocycles. The van der Waals surface area contributed by atoms with Crippen LogP contribution in [0.25, 0.3) is 0 Å². The summed E-state index contributed by atoms with van der Waals surface area (Å²) in [5.74, 6) is 0.531. The Morgan fingerprint density at radius 2 is 1.87 bits per heavy atom. The van der Waals surface area contributed by atoms with Crippen molar-refractivity contribution in [2.75, 3.05) is 32.7 Å². The summed E-state index contributed by atoms with van der Waals surface area (Å²) in [5.41, 5.74) is -0.142. The normalized spacial score (nSPS) is 17.1. The van der Waals surface area contributed by atoms with Gasteiger partial charge in [0.2, 0.25) is 0 Å². The maximum absolute atomic E-state index is 13.2. The molecule has 0 aliphatic carbocycles. The van der Waals surface area contributed by atoms with Crippen molar-refractivity contribution in [3.05, 3.63) is 57.6 Å². The van der Waals surface area contributed by atoms with Gasteiger partial charge in [0, 0.05) is 25.2 Å². The Balaban J connectivity index is 1.81. The molecule has 1 heterocycles. The number of nitrogens with zero attached hydrogens (tertiary/aromatic N) is 2. The van der Waals surface area contributed by atoms with Gasteiger partial charge in [0.1, 0.15) is 11.3 Å². The highest BCUT2D eigenvalue weighted by atomic mass is 16.6. The molecular weight excluding hydrogens is 496 g/mol. The fourth-order valence-corrected chi connectivity index (χ4v) is 4.24. The van der Waals surface area contributed by atoms with Gasteiger partial charge in [0.15, 0.2) is 11.5 Å². The molecule has 1 aliphatic heterocycles. The van der Waals surface area contributed by atoms with Gasteiger partial charge in [0.05, 0.1) is 37.4 Å². The Morgan fingerprint density at radius 1 is 1.16 bits per heavy atom. The van der Waals surface area contributed by atoms with Gasteiger partial charge in [-0.2, -0.15) is 0 Å². The van der Waals surface area contributed by atoms with E-state index in [0.29, 0.717) is 17.9 Å². The first-order valence-corrected chi connectivity index (χ1v) is 12.1. The van der Waals surface area contributed by atoms with E-state index in [-0.39, 0.29) is 36.6 Å². The maximum atomic E-state index is 13.2. The predicted molar refractivity (Wildman–Crippen MR) is 140 cm³/mol. The number of anilines is 1. The number of carbonyl (C=O) groups excluding carboxylic acids is 2. The van der Waals surface area contributed by atoms with E-state index in [1.807, 2.05) is 0 Å². The number of hydrogen-bond donors (Lipinski definition) is 3. The van der Waals surface area contributed by atoms with Crippen molar-refractivity contribution >= 4 is 23.4 Å². The smallest absolute Gasteiger partial charge is 0.410 e. The molecule has 3 rings (SSSR count). The number of carbonyl (C=O) groups is 2. The molecular formula is C26H34N4O8. The predicted octanol–water partition coefficient (Wildman–Crippen LogP) is 3.32. The van der Waals surface area contributed by atoms with Crippen LogP contribution in [0.2, 0.25) is 0 Å². The van der Waals surface area contributed by atoms with E-state index in [2.05, 4.69) is 10.6 Å². The molecule has 0 aromatic heterocycles. The van der Waals surface area contributed by atoms with Gasteiger partial charge in [-0.15, -0.1) is 0 Å². The fraction of sp³-hybridized carbons (Fsp3) is 0.462. The molecule has 0 unspecified atom stereocenters. The van der Waals surface area contributed by atoms with Gasteiger partial charge < -0.3 is 34.9 Å². The third kappa shape index (κ3) is 6.82. The highest BCUT2D eigenvalue weighted by Crippen LogP contribution is 2.32. The van der Waals surface area contributed by atoms with Gasteiger partial charge >= 0.3 is 6.09 Å². The lowest BCUT2D eigenvalue weighted by Crippen LogP contribution is -2.41. The molecule has 3 N–H and O–H groups in total. The number of nitrogens with one attached hydrogen (secondary N) is 2. The fourth-order valence-electron chi connectivity index (χ4n) is 4.24. The van der Waals surface area contributed by atoms with Crippen LogP contribution in [0.5, 0.6) is 11.5 Å². The molecule has 12 heteroatoms. The number of amides is 2. The first kappa shape index (κ1) is 28.5. The zero-order chi connectivity index (χ0) is 28.0.